The summed E-state index contributed by atoms with van der Waals surface area (Å²) in [5.41, 5.74) is 0.255. The van der Waals surface area contributed by atoms with Crippen LogP contribution in [0.25, 0.3) is 0 Å². The number of rotatable bonds is 5. The van der Waals surface area contributed by atoms with E-state index in [1.54, 1.807) is 25.1 Å². The van der Waals surface area contributed by atoms with Crippen molar-refractivity contribution in [2.24, 2.45) is 5.92 Å². The minimum Gasteiger partial charge on any atom is -0.480 e. The van der Waals surface area contributed by atoms with E-state index in [-0.39, 0.29) is 16.5 Å². The first-order valence-corrected chi connectivity index (χ1v) is 7.02. The highest BCUT2D eigenvalue weighted by Crippen LogP contribution is 2.21. The highest BCUT2D eigenvalue weighted by molar-refractivity contribution is 9.10. The van der Waals surface area contributed by atoms with Crippen molar-refractivity contribution in [2.75, 3.05) is 0 Å². The van der Waals surface area contributed by atoms with E-state index in [1.165, 1.54) is 0 Å². The number of benzene rings is 1. The molecule has 104 valence electrons. The van der Waals surface area contributed by atoms with Crippen LogP contribution in [0.5, 0.6) is 0 Å². The second-order valence-corrected chi connectivity index (χ2v) is 5.62. The maximum atomic E-state index is 12.1. The zero-order chi connectivity index (χ0) is 14.6. The van der Waals surface area contributed by atoms with Gasteiger partial charge in [-0.2, -0.15) is 0 Å². The summed E-state index contributed by atoms with van der Waals surface area (Å²) in [6, 6.07) is 3.93. The fraction of sp³-hybridized carbons (Fsp3) is 0.385. The molecule has 0 unspecified atom stereocenters. The van der Waals surface area contributed by atoms with E-state index in [4.69, 9.17) is 16.7 Å². The maximum absolute atomic E-state index is 12.1. The van der Waals surface area contributed by atoms with Crippen molar-refractivity contribution in [1.29, 1.82) is 0 Å². The van der Waals surface area contributed by atoms with Gasteiger partial charge in [-0.3, -0.25) is 4.79 Å². The maximum Gasteiger partial charge on any atom is 0.326 e. The molecule has 0 radical (unpaired) electrons. The predicted molar refractivity (Wildman–Crippen MR) is 77.5 cm³/mol. The molecule has 4 nitrogen and oxygen atoms in total. The van der Waals surface area contributed by atoms with E-state index in [2.05, 4.69) is 21.2 Å². The van der Waals surface area contributed by atoms with Crippen LogP contribution < -0.4 is 5.32 Å². The van der Waals surface area contributed by atoms with Gasteiger partial charge in [-0.25, -0.2) is 4.79 Å². The Morgan fingerprint density at radius 1 is 1.47 bits per heavy atom. The van der Waals surface area contributed by atoms with E-state index < -0.39 is 17.9 Å². The molecule has 2 N–H and O–H groups in total. The standard InChI is InChI=1S/C13H15BrClNO3/c1-3-7(2)11(13(18)19)16-12(17)9-6-8(14)4-5-10(9)15/h4-7,11H,3H2,1-2H3,(H,16,17)(H,18,19)/t7-,11-/m0/s1. The molecule has 2 atom stereocenters. The van der Waals surface area contributed by atoms with Gasteiger partial charge in [0.15, 0.2) is 0 Å². The first kappa shape index (κ1) is 16.0. The lowest BCUT2D eigenvalue weighted by molar-refractivity contribution is -0.140. The molecular weight excluding hydrogens is 334 g/mol. The number of hydrogen-bond acceptors (Lipinski definition) is 2. The number of carbonyl (C=O) groups excluding carboxylic acids is 1. The van der Waals surface area contributed by atoms with Crippen molar-refractivity contribution >= 4 is 39.4 Å². The van der Waals surface area contributed by atoms with Gasteiger partial charge in [0.1, 0.15) is 6.04 Å². The molecule has 0 fully saturated rings. The van der Waals surface area contributed by atoms with Gasteiger partial charge in [0, 0.05) is 4.47 Å². The lowest BCUT2D eigenvalue weighted by Crippen LogP contribution is -2.45. The van der Waals surface area contributed by atoms with Gasteiger partial charge in [0.05, 0.1) is 10.6 Å². The molecule has 6 heteroatoms. The van der Waals surface area contributed by atoms with Gasteiger partial charge >= 0.3 is 5.97 Å². The van der Waals surface area contributed by atoms with Crippen molar-refractivity contribution in [1.82, 2.24) is 5.32 Å². The van der Waals surface area contributed by atoms with Crippen LogP contribution in [0.15, 0.2) is 22.7 Å². The largest absolute Gasteiger partial charge is 0.480 e. The third kappa shape index (κ3) is 4.21. The Balaban J connectivity index is 2.94. The SMILES string of the molecule is CC[C@H](C)[C@H](NC(=O)c1cc(Br)ccc1Cl)C(=O)O. The van der Waals surface area contributed by atoms with Gasteiger partial charge < -0.3 is 10.4 Å². The van der Waals surface area contributed by atoms with Crippen molar-refractivity contribution in [3.8, 4) is 0 Å². The summed E-state index contributed by atoms with van der Waals surface area (Å²) >= 11 is 9.19. The molecule has 0 aliphatic heterocycles. The molecule has 0 aliphatic rings. The Bertz CT molecular complexity index is 493. The molecule has 0 saturated carbocycles. The summed E-state index contributed by atoms with van der Waals surface area (Å²) in [6.45, 7) is 3.65. The Hall–Kier alpha value is -1.07. The Labute approximate surface area is 125 Å². The molecule has 1 amide bonds. The zero-order valence-corrected chi connectivity index (χ0v) is 13.0. The Kier molecular flexibility index (Phi) is 5.82. The molecule has 0 saturated heterocycles. The van der Waals surface area contributed by atoms with Crippen LogP contribution in [0, 0.1) is 5.92 Å². The Morgan fingerprint density at radius 3 is 2.63 bits per heavy atom. The molecule has 0 spiro atoms. The molecule has 19 heavy (non-hydrogen) atoms. The highest BCUT2D eigenvalue weighted by Gasteiger charge is 2.26. The van der Waals surface area contributed by atoms with Gasteiger partial charge in [0.25, 0.3) is 5.91 Å². The highest BCUT2D eigenvalue weighted by atomic mass is 79.9. The monoisotopic (exact) mass is 347 g/mol. The summed E-state index contributed by atoms with van der Waals surface area (Å²) in [4.78, 5) is 23.2. The number of carboxylic acid groups (broad SMARTS) is 1. The van der Waals surface area contributed by atoms with Crippen molar-refractivity contribution < 1.29 is 14.7 Å². The summed E-state index contributed by atoms with van der Waals surface area (Å²) in [6.07, 6.45) is 0.656. The van der Waals surface area contributed by atoms with Crippen LogP contribution in [-0.4, -0.2) is 23.0 Å². The summed E-state index contributed by atoms with van der Waals surface area (Å²) in [5.74, 6) is -1.69. The van der Waals surface area contributed by atoms with Gasteiger partial charge in [-0.15, -0.1) is 0 Å². The second kappa shape index (κ2) is 6.91. The first-order chi connectivity index (χ1) is 8.86. The summed E-state index contributed by atoms with van der Waals surface area (Å²) in [5, 5.41) is 11.9. The van der Waals surface area contributed by atoms with Crippen LogP contribution >= 0.6 is 27.5 Å². The van der Waals surface area contributed by atoms with E-state index in [0.29, 0.717) is 10.9 Å². The number of carbonyl (C=O) groups is 2. The van der Waals surface area contributed by atoms with Crippen molar-refractivity contribution in [3.63, 3.8) is 0 Å². The summed E-state index contributed by atoms with van der Waals surface area (Å²) < 4.78 is 0.706. The minimum atomic E-state index is -1.05. The molecule has 0 heterocycles. The van der Waals surface area contributed by atoms with Crippen molar-refractivity contribution in [3.05, 3.63) is 33.3 Å². The molecule has 1 rings (SSSR count). The average Bonchev–Trinajstić information content (AvgIpc) is 2.37. The lowest BCUT2D eigenvalue weighted by Gasteiger charge is -2.20. The van der Waals surface area contributed by atoms with E-state index in [0.717, 1.165) is 0 Å². The first-order valence-electron chi connectivity index (χ1n) is 5.85. The Morgan fingerprint density at radius 2 is 2.11 bits per heavy atom. The number of nitrogens with one attached hydrogen (secondary N) is 1. The normalized spacial score (nSPS) is 13.7. The quantitative estimate of drug-likeness (QED) is 0.857. The van der Waals surface area contributed by atoms with E-state index in [1.807, 2.05) is 6.92 Å². The predicted octanol–water partition coefficient (Wildman–Crippen LogP) is 3.33. The van der Waals surface area contributed by atoms with E-state index >= 15 is 0 Å². The van der Waals surface area contributed by atoms with Gasteiger partial charge in [-0.05, 0) is 24.1 Å². The zero-order valence-electron chi connectivity index (χ0n) is 10.6. The third-order valence-corrected chi connectivity index (χ3v) is 3.76. The molecular formula is C13H15BrClNO3. The van der Waals surface area contributed by atoms with Crippen LogP contribution in [0.2, 0.25) is 5.02 Å². The third-order valence-electron chi connectivity index (χ3n) is 2.94. The van der Waals surface area contributed by atoms with Gasteiger partial charge in [-0.1, -0.05) is 47.8 Å². The molecule has 1 aromatic carbocycles. The second-order valence-electron chi connectivity index (χ2n) is 4.30. The van der Waals surface area contributed by atoms with Gasteiger partial charge in [0.2, 0.25) is 0 Å². The lowest BCUT2D eigenvalue weighted by atomic mass is 9.99. The number of aliphatic carboxylic acids is 1. The molecule has 1 aromatic rings. The topological polar surface area (TPSA) is 66.4 Å². The number of halogens is 2. The molecule has 0 aliphatic carbocycles. The van der Waals surface area contributed by atoms with Crippen LogP contribution in [0.4, 0.5) is 0 Å². The average molecular weight is 349 g/mol. The fourth-order valence-electron chi connectivity index (χ4n) is 1.57. The smallest absolute Gasteiger partial charge is 0.326 e. The van der Waals surface area contributed by atoms with Crippen LogP contribution in [0.3, 0.4) is 0 Å². The fourth-order valence-corrected chi connectivity index (χ4v) is 2.14. The van der Waals surface area contributed by atoms with E-state index in [9.17, 15) is 9.59 Å². The molecule has 0 aromatic heterocycles. The van der Waals surface area contributed by atoms with Crippen LogP contribution in [-0.2, 0) is 4.79 Å². The molecule has 0 bridgehead atoms. The number of amides is 1. The van der Waals surface area contributed by atoms with Crippen molar-refractivity contribution in [2.45, 2.75) is 26.3 Å². The minimum absolute atomic E-state index is 0.160. The number of hydrogen-bond donors (Lipinski definition) is 2. The number of carboxylic acids is 1. The summed E-state index contributed by atoms with van der Waals surface area (Å²) in [7, 11) is 0. The van der Waals surface area contributed by atoms with Crippen LogP contribution in [0.1, 0.15) is 30.6 Å².